The normalized spacial score (nSPS) is 12.4. The van der Waals surface area contributed by atoms with E-state index in [9.17, 15) is 4.79 Å². The first-order chi connectivity index (χ1) is 9.15. The molecule has 0 saturated carbocycles. The molecule has 0 aromatic carbocycles. The average molecular weight is 301 g/mol. The number of carbonyl (C=O) groups is 1. The summed E-state index contributed by atoms with van der Waals surface area (Å²) in [5, 5.41) is 3.52. The number of hydrogen-bond acceptors (Lipinski definition) is 5. The summed E-state index contributed by atoms with van der Waals surface area (Å²) < 4.78 is 4.67. The summed E-state index contributed by atoms with van der Waals surface area (Å²) in [6.45, 7) is 5.29. The van der Waals surface area contributed by atoms with Gasteiger partial charge in [-0.25, -0.2) is 0 Å². The smallest absolute Gasteiger partial charge is 0.310 e. The first-order valence-electron chi connectivity index (χ1n) is 6.61. The van der Waals surface area contributed by atoms with Crippen molar-refractivity contribution < 1.29 is 9.53 Å². The van der Waals surface area contributed by atoms with Gasteiger partial charge in [0.1, 0.15) is 0 Å². The Morgan fingerprint density at radius 1 is 1.47 bits per heavy atom. The van der Waals surface area contributed by atoms with Crippen LogP contribution < -0.4 is 5.32 Å². The second kappa shape index (κ2) is 9.39. The fourth-order valence-corrected chi connectivity index (χ4v) is 3.37. The molecular formula is C14H23NO2S2. The molecule has 1 aromatic rings. The highest BCUT2D eigenvalue weighted by Gasteiger charge is 2.07. The minimum absolute atomic E-state index is 0.175. The molecule has 1 heterocycles. The molecule has 0 saturated heterocycles. The van der Waals surface area contributed by atoms with Crippen LogP contribution in [0.25, 0.3) is 0 Å². The molecule has 5 heteroatoms. The van der Waals surface area contributed by atoms with E-state index in [1.54, 1.807) is 11.3 Å². The van der Waals surface area contributed by atoms with Crippen molar-refractivity contribution in [3.63, 3.8) is 0 Å². The largest absolute Gasteiger partial charge is 0.469 e. The van der Waals surface area contributed by atoms with Crippen molar-refractivity contribution in [1.82, 2.24) is 5.32 Å². The van der Waals surface area contributed by atoms with Gasteiger partial charge in [-0.05, 0) is 37.0 Å². The maximum absolute atomic E-state index is 11.2. The number of carbonyl (C=O) groups excluding carboxylic acids is 1. The van der Waals surface area contributed by atoms with E-state index < -0.39 is 0 Å². The van der Waals surface area contributed by atoms with Crippen LogP contribution in [0, 0.1) is 0 Å². The van der Waals surface area contributed by atoms with Gasteiger partial charge in [0.25, 0.3) is 0 Å². The molecule has 1 N–H and O–H groups in total. The highest BCUT2D eigenvalue weighted by Crippen LogP contribution is 2.17. The Bertz CT molecular complexity index is 379. The van der Waals surface area contributed by atoms with Gasteiger partial charge in [-0.3, -0.25) is 4.79 Å². The highest BCUT2D eigenvalue weighted by molar-refractivity contribution is 7.99. The third-order valence-electron chi connectivity index (χ3n) is 2.79. The van der Waals surface area contributed by atoms with Crippen molar-refractivity contribution in [2.45, 2.75) is 39.3 Å². The molecule has 1 aromatic heterocycles. The lowest BCUT2D eigenvalue weighted by molar-refractivity contribution is -0.139. The Morgan fingerprint density at radius 3 is 2.89 bits per heavy atom. The summed E-state index contributed by atoms with van der Waals surface area (Å²) in [5.41, 5.74) is 0. The molecular weight excluding hydrogens is 278 g/mol. The molecule has 0 aliphatic rings. The molecule has 0 bridgehead atoms. The van der Waals surface area contributed by atoms with E-state index >= 15 is 0 Å². The van der Waals surface area contributed by atoms with Gasteiger partial charge in [0.05, 0.1) is 13.5 Å². The third kappa shape index (κ3) is 6.99. The van der Waals surface area contributed by atoms with Gasteiger partial charge in [-0.1, -0.05) is 6.92 Å². The molecule has 0 amide bonds. The van der Waals surface area contributed by atoms with E-state index in [0.717, 1.165) is 11.4 Å². The number of esters is 1. The maximum Gasteiger partial charge on any atom is 0.310 e. The summed E-state index contributed by atoms with van der Waals surface area (Å²) in [4.78, 5) is 13.5. The van der Waals surface area contributed by atoms with Crippen LogP contribution >= 0.6 is 23.1 Å². The molecule has 0 aliphatic carbocycles. The Balaban J connectivity index is 2.27. The van der Waals surface area contributed by atoms with Crippen LogP contribution in [0.2, 0.25) is 0 Å². The van der Waals surface area contributed by atoms with E-state index in [2.05, 4.69) is 30.0 Å². The van der Waals surface area contributed by atoms with E-state index in [0.29, 0.717) is 12.5 Å². The molecule has 1 unspecified atom stereocenters. The summed E-state index contributed by atoms with van der Waals surface area (Å²) >= 11 is 3.66. The molecule has 0 aliphatic heterocycles. The quantitative estimate of drug-likeness (QED) is 0.562. The van der Waals surface area contributed by atoms with Crippen molar-refractivity contribution >= 4 is 29.1 Å². The maximum atomic E-state index is 11.2. The molecule has 0 spiro atoms. The summed E-state index contributed by atoms with van der Waals surface area (Å²) in [7, 11) is 1.43. The number of methoxy groups -OCH3 is 1. The van der Waals surface area contributed by atoms with Crippen molar-refractivity contribution in [1.29, 1.82) is 0 Å². The van der Waals surface area contributed by atoms with E-state index in [1.807, 2.05) is 17.8 Å². The number of hydrogen-bond donors (Lipinski definition) is 1. The van der Waals surface area contributed by atoms with Crippen LogP contribution in [0.4, 0.5) is 0 Å². The van der Waals surface area contributed by atoms with Crippen LogP contribution in [0.1, 0.15) is 30.0 Å². The number of nitrogens with one attached hydrogen (secondary N) is 1. The van der Waals surface area contributed by atoms with Crippen LogP contribution in [0.5, 0.6) is 0 Å². The minimum atomic E-state index is -0.175. The lowest BCUT2D eigenvalue weighted by Gasteiger charge is -2.12. The minimum Gasteiger partial charge on any atom is -0.469 e. The van der Waals surface area contributed by atoms with Crippen molar-refractivity contribution in [2.75, 3.05) is 18.6 Å². The van der Waals surface area contributed by atoms with Gasteiger partial charge >= 0.3 is 5.97 Å². The Morgan fingerprint density at radius 2 is 2.21 bits per heavy atom. The lowest BCUT2D eigenvalue weighted by Crippen LogP contribution is -2.25. The number of thioether (sulfide) groups is 1. The molecule has 3 nitrogen and oxygen atoms in total. The Hall–Kier alpha value is -0.520. The van der Waals surface area contributed by atoms with Crippen molar-refractivity contribution in [3.05, 3.63) is 21.9 Å². The van der Waals surface area contributed by atoms with E-state index in [4.69, 9.17) is 0 Å². The fourth-order valence-electron chi connectivity index (χ4n) is 1.61. The van der Waals surface area contributed by atoms with Gasteiger partial charge in [-0.2, -0.15) is 11.8 Å². The van der Waals surface area contributed by atoms with Crippen molar-refractivity contribution in [3.8, 4) is 0 Å². The topological polar surface area (TPSA) is 38.3 Å². The predicted octanol–water partition coefficient (Wildman–Crippen LogP) is 3.08. The summed E-state index contributed by atoms with van der Waals surface area (Å²) in [5.74, 6) is 2.23. The van der Waals surface area contributed by atoms with Crippen LogP contribution in [-0.2, 0) is 22.5 Å². The van der Waals surface area contributed by atoms with Gasteiger partial charge in [-0.15, -0.1) is 11.3 Å². The standard InChI is InChI=1S/C14H23NO2S2/c1-4-18-8-7-11(2)15-10-13-6-5-12(19-13)9-14(16)17-3/h5-6,11,15H,4,7-10H2,1-3H3. The molecule has 108 valence electrons. The predicted molar refractivity (Wildman–Crippen MR) is 84.0 cm³/mol. The molecule has 0 fully saturated rings. The van der Waals surface area contributed by atoms with Gasteiger partial charge < -0.3 is 10.1 Å². The highest BCUT2D eigenvalue weighted by atomic mass is 32.2. The average Bonchev–Trinajstić information content (AvgIpc) is 2.84. The van der Waals surface area contributed by atoms with Crippen LogP contribution in [0.15, 0.2) is 12.1 Å². The van der Waals surface area contributed by atoms with Gasteiger partial charge in [0.15, 0.2) is 0 Å². The third-order valence-corrected chi connectivity index (χ3v) is 4.81. The number of rotatable bonds is 9. The lowest BCUT2D eigenvalue weighted by atomic mass is 10.2. The fraction of sp³-hybridized carbons (Fsp3) is 0.643. The van der Waals surface area contributed by atoms with Crippen molar-refractivity contribution in [2.24, 2.45) is 0 Å². The number of thiophene rings is 1. The van der Waals surface area contributed by atoms with Gasteiger partial charge in [0.2, 0.25) is 0 Å². The Labute approximate surface area is 124 Å². The summed E-state index contributed by atoms with van der Waals surface area (Å²) in [6.07, 6.45) is 1.57. The molecule has 0 radical (unpaired) electrons. The van der Waals surface area contributed by atoms with Gasteiger partial charge in [0, 0.05) is 22.3 Å². The molecule has 1 atom stereocenters. The Kier molecular flexibility index (Phi) is 8.18. The zero-order valence-corrected chi connectivity index (χ0v) is 13.5. The first kappa shape index (κ1) is 16.5. The van der Waals surface area contributed by atoms with Crippen LogP contribution in [0.3, 0.4) is 0 Å². The monoisotopic (exact) mass is 301 g/mol. The van der Waals surface area contributed by atoms with E-state index in [-0.39, 0.29) is 5.97 Å². The second-order valence-corrected chi connectivity index (χ2v) is 7.04. The number of ether oxygens (including phenoxy) is 1. The molecule has 1 rings (SSSR count). The second-order valence-electron chi connectivity index (χ2n) is 4.39. The first-order valence-corrected chi connectivity index (χ1v) is 8.58. The SMILES string of the molecule is CCSCCC(C)NCc1ccc(CC(=O)OC)s1. The zero-order chi connectivity index (χ0) is 14.1. The zero-order valence-electron chi connectivity index (χ0n) is 11.9. The summed E-state index contributed by atoms with van der Waals surface area (Å²) in [6, 6.07) is 4.63. The molecule has 19 heavy (non-hydrogen) atoms. The van der Waals surface area contributed by atoms with E-state index in [1.165, 1.54) is 29.9 Å². The van der Waals surface area contributed by atoms with Crippen LogP contribution in [-0.4, -0.2) is 30.6 Å².